The van der Waals surface area contributed by atoms with Crippen LogP contribution >= 0.6 is 0 Å². The van der Waals surface area contributed by atoms with Crippen LogP contribution in [0.4, 0.5) is 0 Å². The van der Waals surface area contributed by atoms with Crippen LogP contribution in [0.2, 0.25) is 0 Å². The molecule has 0 radical (unpaired) electrons. The van der Waals surface area contributed by atoms with Crippen LogP contribution < -0.4 is 10.7 Å². The van der Waals surface area contributed by atoms with E-state index in [1.165, 1.54) is 6.92 Å². The first-order valence-corrected chi connectivity index (χ1v) is 5.21. The summed E-state index contributed by atoms with van der Waals surface area (Å²) in [6.45, 7) is 13.9. The first-order chi connectivity index (χ1) is 6.66. The molecular weight excluding hydrogens is 178 g/mol. The van der Waals surface area contributed by atoms with Crippen molar-refractivity contribution in [2.45, 2.75) is 48.5 Å². The van der Waals surface area contributed by atoms with Crippen molar-refractivity contribution >= 4 is 11.7 Å². The van der Waals surface area contributed by atoms with Gasteiger partial charge in [0.1, 0.15) is 5.84 Å². The molecule has 2 N–H and O–H groups in total. The average Bonchev–Trinajstić information content (AvgIpc) is 2.20. The number of nitrogens with one attached hydrogen (secondary N) is 2. The highest BCUT2D eigenvalue weighted by Crippen LogP contribution is 1.68. The van der Waals surface area contributed by atoms with E-state index in [0.717, 1.165) is 6.54 Å². The largest absolute Gasteiger partial charge is 0.313 e. The number of nitrogens with zero attached hydrogens (tertiary/aromatic N) is 1. The maximum Gasteiger partial charge on any atom is 0.222 e. The van der Waals surface area contributed by atoms with Crippen molar-refractivity contribution in [1.29, 1.82) is 0 Å². The molecule has 0 aromatic rings. The van der Waals surface area contributed by atoms with Gasteiger partial charge in [0.15, 0.2) is 0 Å². The Labute approximate surface area is 88.2 Å². The van der Waals surface area contributed by atoms with Gasteiger partial charge in [0.05, 0.1) is 0 Å². The zero-order valence-corrected chi connectivity index (χ0v) is 10.6. The van der Waals surface area contributed by atoms with Gasteiger partial charge in [-0.15, -0.1) is 0 Å². The van der Waals surface area contributed by atoms with Crippen molar-refractivity contribution in [1.82, 2.24) is 10.7 Å². The maximum absolute atomic E-state index is 10.4. The molecule has 0 atom stereocenters. The van der Waals surface area contributed by atoms with Gasteiger partial charge in [0, 0.05) is 13.5 Å². The highest BCUT2D eigenvalue weighted by atomic mass is 16.1. The summed E-state index contributed by atoms with van der Waals surface area (Å²) in [5.41, 5.74) is 2.73. The number of carbonyl (C=O) groups excluding carboxylic acids is 1. The van der Waals surface area contributed by atoms with Crippen LogP contribution in [0.1, 0.15) is 48.5 Å². The first kappa shape index (κ1) is 18.7. The third kappa shape index (κ3) is 22.4. The molecule has 1 amide bonds. The van der Waals surface area contributed by atoms with Crippen LogP contribution in [0.3, 0.4) is 0 Å². The van der Waals surface area contributed by atoms with Crippen molar-refractivity contribution in [3.05, 3.63) is 0 Å². The molecule has 0 rings (SSSR count). The van der Waals surface area contributed by atoms with E-state index < -0.39 is 0 Å². The van der Waals surface area contributed by atoms with E-state index >= 15 is 0 Å². The summed E-state index contributed by atoms with van der Waals surface area (Å²) in [4.78, 5) is 10.4. The maximum atomic E-state index is 10.4. The van der Waals surface area contributed by atoms with Gasteiger partial charge in [-0.3, -0.25) is 4.79 Å². The number of hydrogen-bond donors (Lipinski definition) is 2. The van der Waals surface area contributed by atoms with E-state index in [4.69, 9.17) is 0 Å². The van der Waals surface area contributed by atoms with Crippen LogP contribution in [0, 0.1) is 0 Å². The Balaban J connectivity index is -0.000000266. The molecule has 0 spiro atoms. The van der Waals surface area contributed by atoms with Gasteiger partial charge < -0.3 is 10.7 Å². The Morgan fingerprint density at radius 3 is 1.86 bits per heavy atom. The standard InChI is InChI=1S/C6H13N3O.2C2H6/c1-4-7-9-5(2)8-6(3)10;2*1-2/h7H,4H2,1-3H3,(H,8,9,10);2*1-2H3. The third-order valence-corrected chi connectivity index (χ3v) is 0.762. The summed E-state index contributed by atoms with van der Waals surface area (Å²) in [5, 5.41) is 6.34. The topological polar surface area (TPSA) is 53.5 Å². The molecule has 0 heterocycles. The minimum atomic E-state index is -0.0980. The molecule has 0 aromatic heterocycles. The highest BCUT2D eigenvalue weighted by Gasteiger charge is 1.90. The minimum Gasteiger partial charge on any atom is -0.313 e. The summed E-state index contributed by atoms with van der Waals surface area (Å²) < 4.78 is 0. The Morgan fingerprint density at radius 2 is 1.57 bits per heavy atom. The zero-order valence-electron chi connectivity index (χ0n) is 10.6. The van der Waals surface area contributed by atoms with Crippen molar-refractivity contribution in [2.75, 3.05) is 6.54 Å². The number of amidine groups is 1. The fourth-order valence-electron chi connectivity index (χ4n) is 0.480. The molecule has 4 nitrogen and oxygen atoms in total. The second-order valence-corrected chi connectivity index (χ2v) is 1.89. The molecule has 14 heavy (non-hydrogen) atoms. The molecule has 0 aliphatic heterocycles. The third-order valence-electron chi connectivity index (χ3n) is 0.762. The number of hydrogen-bond acceptors (Lipinski definition) is 3. The molecule has 0 aliphatic rings. The van der Waals surface area contributed by atoms with Crippen LogP contribution in [0.5, 0.6) is 0 Å². The molecule has 4 heteroatoms. The lowest BCUT2D eigenvalue weighted by Gasteiger charge is -1.99. The lowest BCUT2D eigenvalue weighted by atomic mass is 10.6. The lowest BCUT2D eigenvalue weighted by molar-refractivity contribution is -0.117. The van der Waals surface area contributed by atoms with Gasteiger partial charge in [0.25, 0.3) is 0 Å². The van der Waals surface area contributed by atoms with E-state index in [1.807, 2.05) is 34.6 Å². The Hall–Kier alpha value is -1.06. The second kappa shape index (κ2) is 17.9. The van der Waals surface area contributed by atoms with Crippen molar-refractivity contribution in [2.24, 2.45) is 5.10 Å². The highest BCUT2D eigenvalue weighted by molar-refractivity contribution is 5.95. The number of rotatable bonds is 2. The molecule has 0 bridgehead atoms. The van der Waals surface area contributed by atoms with Gasteiger partial charge in [-0.25, -0.2) is 0 Å². The van der Waals surface area contributed by atoms with Crippen LogP contribution in [0.25, 0.3) is 0 Å². The van der Waals surface area contributed by atoms with E-state index in [0.29, 0.717) is 5.84 Å². The Kier molecular flexibility index (Phi) is 23.8. The Morgan fingerprint density at radius 1 is 1.14 bits per heavy atom. The molecule has 0 aromatic carbocycles. The SMILES string of the molecule is CC.CC.CCN/N=C(\C)NC(C)=O. The van der Waals surface area contributed by atoms with Crippen molar-refractivity contribution < 1.29 is 4.79 Å². The van der Waals surface area contributed by atoms with Crippen molar-refractivity contribution in [3.63, 3.8) is 0 Å². The number of amides is 1. The molecule has 86 valence electrons. The summed E-state index contributed by atoms with van der Waals surface area (Å²) >= 11 is 0. The monoisotopic (exact) mass is 203 g/mol. The minimum absolute atomic E-state index is 0.0980. The van der Waals surface area contributed by atoms with E-state index in [-0.39, 0.29) is 5.91 Å². The Bertz CT molecular complexity index is 144. The molecule has 0 saturated carbocycles. The number of hydrazone groups is 1. The predicted octanol–water partition coefficient (Wildman–Crippen LogP) is 2.12. The zero-order chi connectivity index (χ0) is 12.0. The summed E-state index contributed by atoms with van der Waals surface area (Å²) in [6.07, 6.45) is 0. The average molecular weight is 203 g/mol. The predicted molar refractivity (Wildman–Crippen MR) is 63.3 cm³/mol. The smallest absolute Gasteiger partial charge is 0.222 e. The molecule has 0 fully saturated rings. The first-order valence-electron chi connectivity index (χ1n) is 5.21. The fourth-order valence-corrected chi connectivity index (χ4v) is 0.480. The van der Waals surface area contributed by atoms with E-state index in [2.05, 4.69) is 15.8 Å². The lowest BCUT2D eigenvalue weighted by Crippen LogP contribution is -2.27. The van der Waals surface area contributed by atoms with Gasteiger partial charge in [0.2, 0.25) is 5.91 Å². The summed E-state index contributed by atoms with van der Waals surface area (Å²) in [5.74, 6) is 0.494. The molecular formula is C10H25N3O. The summed E-state index contributed by atoms with van der Waals surface area (Å²) in [6, 6.07) is 0. The van der Waals surface area contributed by atoms with E-state index in [1.54, 1.807) is 6.92 Å². The van der Waals surface area contributed by atoms with Gasteiger partial charge in [-0.05, 0) is 13.8 Å². The quantitative estimate of drug-likeness (QED) is 0.410. The normalized spacial score (nSPS) is 8.64. The molecule has 0 unspecified atom stereocenters. The second-order valence-electron chi connectivity index (χ2n) is 1.89. The van der Waals surface area contributed by atoms with Gasteiger partial charge in [-0.1, -0.05) is 27.7 Å². The molecule has 0 saturated heterocycles. The summed E-state index contributed by atoms with van der Waals surface area (Å²) in [7, 11) is 0. The fraction of sp³-hybridized carbons (Fsp3) is 0.800. The van der Waals surface area contributed by atoms with Gasteiger partial charge in [-0.2, -0.15) is 5.10 Å². The molecule has 0 aliphatic carbocycles. The van der Waals surface area contributed by atoms with Crippen molar-refractivity contribution in [3.8, 4) is 0 Å². The van der Waals surface area contributed by atoms with E-state index in [9.17, 15) is 4.79 Å². The van der Waals surface area contributed by atoms with Gasteiger partial charge >= 0.3 is 0 Å². The number of carbonyl (C=O) groups is 1. The van der Waals surface area contributed by atoms with Crippen LogP contribution in [-0.4, -0.2) is 18.3 Å². The van der Waals surface area contributed by atoms with Crippen LogP contribution in [-0.2, 0) is 4.79 Å². The van der Waals surface area contributed by atoms with Crippen LogP contribution in [0.15, 0.2) is 5.10 Å².